The first-order valence-corrected chi connectivity index (χ1v) is 20.6. The smallest absolute Gasteiger partial charge is 0.407 e. The highest BCUT2D eigenvalue weighted by Gasteiger charge is 2.62. The fourth-order valence-corrected chi connectivity index (χ4v) is 9.04. The lowest BCUT2D eigenvalue weighted by molar-refractivity contribution is -0.141. The Bertz CT molecular complexity index is 1960. The standard InChI is InChI=1S/C39H49N5O9S/c1-24-10-8-9-11-26-18-30-25(19-33(26)51-2)16-17-40-35(30)53-28-20-32-34(45)42-39(37(47)43-54(49,50)29-14-15-29)21-27(39)12-6-4-3-5-7-13-31(36(46)44(32)22-28)41-38(48)52-23-24/h6,9,11-12,16-19,24,27-29,31-32H,3-5,7-8,10,13-15,20-23H2,1-2H3,(H,41,48)(H,42,45)(H,43,47)/b11-9+,12-6-/t24-,27+,28+,31-,32-,39+/m0/s1. The Labute approximate surface area is 315 Å². The van der Waals surface area contributed by atoms with E-state index in [1.165, 1.54) is 4.90 Å². The first-order valence-electron chi connectivity index (χ1n) is 19.1. The van der Waals surface area contributed by atoms with Crippen LogP contribution in [0, 0.1) is 11.8 Å². The van der Waals surface area contributed by atoms with Crippen molar-refractivity contribution in [2.45, 2.75) is 107 Å². The van der Waals surface area contributed by atoms with Crippen LogP contribution in [0.4, 0.5) is 4.79 Å². The second-order valence-corrected chi connectivity index (χ2v) is 17.3. The van der Waals surface area contributed by atoms with Gasteiger partial charge in [0.2, 0.25) is 27.7 Å². The van der Waals surface area contributed by atoms with E-state index in [-0.39, 0.29) is 31.9 Å². The van der Waals surface area contributed by atoms with Crippen LogP contribution in [-0.2, 0) is 29.1 Å². The number of allylic oxidation sites excluding steroid dienone is 2. The lowest BCUT2D eigenvalue weighted by atomic mass is 10.0. The number of amides is 4. The Balaban J connectivity index is 1.24. The molecule has 15 heteroatoms. The van der Waals surface area contributed by atoms with Crippen LogP contribution in [0.1, 0.15) is 83.1 Å². The van der Waals surface area contributed by atoms with Gasteiger partial charge < -0.3 is 29.7 Å². The van der Waals surface area contributed by atoms with Crippen molar-refractivity contribution in [1.29, 1.82) is 0 Å². The fourth-order valence-electron chi connectivity index (χ4n) is 7.67. The number of pyridine rings is 1. The van der Waals surface area contributed by atoms with Gasteiger partial charge >= 0.3 is 6.09 Å². The van der Waals surface area contributed by atoms with E-state index in [0.717, 1.165) is 42.0 Å². The topological polar surface area (TPSA) is 182 Å². The van der Waals surface area contributed by atoms with Gasteiger partial charge in [-0.3, -0.25) is 19.1 Å². The Morgan fingerprint density at radius 3 is 2.70 bits per heavy atom. The molecule has 4 heterocycles. The number of rotatable bonds is 4. The number of hydrogen-bond acceptors (Lipinski definition) is 10. The molecule has 4 amide bonds. The molecule has 3 N–H and O–H groups in total. The summed E-state index contributed by atoms with van der Waals surface area (Å²) in [7, 11) is -2.28. The number of methoxy groups -OCH3 is 1. The quantitative estimate of drug-likeness (QED) is 0.383. The molecule has 1 aromatic heterocycles. The van der Waals surface area contributed by atoms with Gasteiger partial charge in [-0.2, -0.15) is 0 Å². The van der Waals surface area contributed by atoms with Crippen LogP contribution >= 0.6 is 0 Å². The van der Waals surface area contributed by atoms with Crippen molar-refractivity contribution in [3.63, 3.8) is 0 Å². The molecule has 2 aromatic rings. The number of nitrogens with one attached hydrogen (secondary N) is 3. The largest absolute Gasteiger partial charge is 0.496 e. The number of hydrogen-bond donors (Lipinski definition) is 3. The second-order valence-electron chi connectivity index (χ2n) is 15.3. The number of ether oxygens (including phenoxy) is 3. The van der Waals surface area contributed by atoms with Crippen LogP contribution in [0.25, 0.3) is 16.8 Å². The van der Waals surface area contributed by atoms with Gasteiger partial charge in [0.25, 0.3) is 5.91 Å². The highest BCUT2D eigenvalue weighted by Crippen LogP contribution is 2.46. The number of carbonyl (C=O) groups excluding carboxylic acids is 4. The molecule has 2 aliphatic carbocycles. The SMILES string of the molecule is COc1cc2ccnc3c2cc1/C=C/CC[C@H](C)COC(=O)N[C@H]1CCCCC/C=C\[C@@H]2C[C@@]2(C(=O)NS(=O)(=O)C2CC2)NC(=O)[C@@H]2C[C@H](CN2C1=O)O3. The van der Waals surface area contributed by atoms with Crippen molar-refractivity contribution < 1.29 is 41.8 Å². The molecule has 5 aliphatic rings. The number of cyclic esters (lactones) is 1. The summed E-state index contributed by atoms with van der Waals surface area (Å²) in [5.74, 6) is -1.24. The summed E-state index contributed by atoms with van der Waals surface area (Å²) in [6.45, 7) is 2.15. The monoisotopic (exact) mass is 763 g/mol. The van der Waals surface area contributed by atoms with Crippen molar-refractivity contribution in [3.05, 3.63) is 48.2 Å². The predicted molar refractivity (Wildman–Crippen MR) is 200 cm³/mol. The van der Waals surface area contributed by atoms with Crippen molar-refractivity contribution in [2.24, 2.45) is 11.8 Å². The van der Waals surface area contributed by atoms with E-state index in [1.54, 1.807) is 13.3 Å². The summed E-state index contributed by atoms with van der Waals surface area (Å²) < 4.78 is 45.7. The molecular weight excluding hydrogens is 715 g/mol. The molecular formula is C39H49N5O9S. The molecule has 3 fully saturated rings. The summed E-state index contributed by atoms with van der Waals surface area (Å²) in [5.41, 5.74) is -0.673. The maximum absolute atomic E-state index is 14.5. The Morgan fingerprint density at radius 1 is 1.07 bits per heavy atom. The third kappa shape index (κ3) is 8.20. The molecule has 14 nitrogen and oxygen atoms in total. The van der Waals surface area contributed by atoms with Crippen LogP contribution < -0.4 is 24.8 Å². The van der Waals surface area contributed by atoms with Gasteiger partial charge in [0, 0.05) is 29.5 Å². The Hall–Kier alpha value is -4.66. The highest BCUT2D eigenvalue weighted by molar-refractivity contribution is 7.91. The summed E-state index contributed by atoms with van der Waals surface area (Å²) >= 11 is 0. The van der Waals surface area contributed by atoms with E-state index >= 15 is 0 Å². The lowest BCUT2D eigenvalue weighted by Crippen LogP contribution is -2.58. The van der Waals surface area contributed by atoms with Gasteiger partial charge in [0.1, 0.15) is 29.5 Å². The molecule has 7 rings (SSSR count). The number of aromatic nitrogens is 1. The molecule has 1 saturated heterocycles. The first kappa shape index (κ1) is 37.6. The van der Waals surface area contributed by atoms with Crippen molar-refractivity contribution in [2.75, 3.05) is 20.3 Å². The maximum Gasteiger partial charge on any atom is 0.407 e. The zero-order chi connectivity index (χ0) is 38.0. The minimum atomic E-state index is -3.89. The van der Waals surface area contributed by atoms with Gasteiger partial charge in [0.15, 0.2) is 0 Å². The van der Waals surface area contributed by atoms with E-state index in [4.69, 9.17) is 14.2 Å². The third-order valence-corrected chi connectivity index (χ3v) is 12.9. The van der Waals surface area contributed by atoms with Crippen molar-refractivity contribution in [1.82, 2.24) is 25.2 Å². The maximum atomic E-state index is 14.5. The van der Waals surface area contributed by atoms with E-state index in [9.17, 15) is 27.6 Å². The average molecular weight is 764 g/mol. The molecule has 0 radical (unpaired) electrons. The Morgan fingerprint density at radius 2 is 1.91 bits per heavy atom. The molecule has 290 valence electrons. The van der Waals surface area contributed by atoms with E-state index in [2.05, 4.69) is 20.3 Å². The number of nitrogens with zero attached hydrogens (tertiary/aromatic N) is 2. The molecule has 1 aromatic carbocycles. The minimum Gasteiger partial charge on any atom is -0.496 e. The average Bonchev–Trinajstić information content (AvgIpc) is 4.07. The molecule has 54 heavy (non-hydrogen) atoms. The number of benzene rings is 1. The van der Waals surface area contributed by atoms with Crippen LogP contribution in [0.15, 0.2) is 42.6 Å². The fraction of sp³-hybridized carbons (Fsp3) is 0.564. The van der Waals surface area contributed by atoms with E-state index in [0.29, 0.717) is 43.7 Å². The molecule has 5 bridgehead atoms. The molecule has 2 saturated carbocycles. The van der Waals surface area contributed by atoms with Crippen molar-refractivity contribution in [3.8, 4) is 11.6 Å². The summed E-state index contributed by atoms with van der Waals surface area (Å²) in [6, 6.07) is 3.63. The van der Waals surface area contributed by atoms with Crippen LogP contribution in [-0.4, -0.2) is 91.4 Å². The lowest BCUT2D eigenvalue weighted by Gasteiger charge is -2.29. The van der Waals surface area contributed by atoms with Gasteiger partial charge in [0.05, 0.1) is 25.5 Å². The number of sulfonamides is 1. The summed E-state index contributed by atoms with van der Waals surface area (Å²) in [4.78, 5) is 61.7. The second kappa shape index (κ2) is 15.6. The van der Waals surface area contributed by atoms with Gasteiger partial charge in [-0.25, -0.2) is 18.2 Å². The van der Waals surface area contributed by atoms with Gasteiger partial charge in [-0.05, 0) is 80.9 Å². The first-order chi connectivity index (χ1) is 26.0. The van der Waals surface area contributed by atoms with Crippen LogP contribution in [0.2, 0.25) is 0 Å². The normalized spacial score (nSPS) is 30.8. The number of alkyl carbamates (subject to hydrolysis) is 1. The van der Waals surface area contributed by atoms with E-state index < -0.39 is 68.7 Å². The zero-order valence-corrected chi connectivity index (χ0v) is 31.6. The van der Waals surface area contributed by atoms with Crippen LogP contribution in [0.5, 0.6) is 11.6 Å². The van der Waals surface area contributed by atoms with Gasteiger partial charge in [-0.1, -0.05) is 44.1 Å². The number of fused-ring (bicyclic) bond motifs is 4. The molecule has 3 aliphatic heterocycles. The zero-order valence-electron chi connectivity index (χ0n) is 30.8. The molecule has 0 spiro atoms. The Kier molecular flexibility index (Phi) is 10.9. The number of carbonyl (C=O) groups is 4. The highest BCUT2D eigenvalue weighted by atomic mass is 32.2. The third-order valence-electron chi connectivity index (χ3n) is 11.1. The van der Waals surface area contributed by atoms with Crippen molar-refractivity contribution >= 4 is 50.7 Å². The summed E-state index contributed by atoms with van der Waals surface area (Å²) in [5, 5.41) is 6.61. The van der Waals surface area contributed by atoms with Gasteiger partial charge in [-0.15, -0.1) is 0 Å². The molecule has 0 unspecified atom stereocenters. The minimum absolute atomic E-state index is 0.000745. The van der Waals surface area contributed by atoms with Crippen LogP contribution in [0.3, 0.4) is 0 Å². The summed E-state index contributed by atoms with van der Waals surface area (Å²) in [6.07, 6.45) is 14.0. The molecule has 6 atom stereocenters. The van der Waals surface area contributed by atoms with E-state index in [1.807, 2.05) is 49.4 Å². The predicted octanol–water partition coefficient (Wildman–Crippen LogP) is 4.13.